The molecule has 1 saturated carbocycles. The van der Waals surface area contributed by atoms with E-state index in [9.17, 15) is 5.11 Å². The molecule has 1 aliphatic heterocycles. The summed E-state index contributed by atoms with van der Waals surface area (Å²) >= 11 is 0. The molecule has 1 aliphatic carbocycles. The number of likely N-dealkylation sites (tertiary alicyclic amines) is 1. The summed E-state index contributed by atoms with van der Waals surface area (Å²) in [5.74, 6) is -0.119. The monoisotopic (exact) mass is 305 g/mol. The van der Waals surface area contributed by atoms with Crippen LogP contribution in [0.4, 0.5) is 0 Å². The lowest BCUT2D eigenvalue weighted by Gasteiger charge is -2.48. The van der Waals surface area contributed by atoms with Gasteiger partial charge < -0.3 is 5.11 Å². The van der Waals surface area contributed by atoms with Crippen LogP contribution in [0.5, 0.6) is 5.75 Å². The van der Waals surface area contributed by atoms with Crippen LogP contribution < -0.4 is 0 Å². The third kappa shape index (κ3) is 2.96. The highest BCUT2D eigenvalue weighted by molar-refractivity contribution is 5.85. The van der Waals surface area contributed by atoms with E-state index in [4.69, 9.17) is 13.7 Å². The molecule has 1 saturated heterocycles. The summed E-state index contributed by atoms with van der Waals surface area (Å²) in [6.45, 7) is -6.34. The second-order valence-electron chi connectivity index (χ2n) is 5.08. The average molecular weight is 306 g/mol. The van der Waals surface area contributed by atoms with E-state index < -0.39 is 37.7 Å². The highest BCUT2D eigenvalue weighted by Crippen LogP contribution is 2.44. The number of hydrogen-bond donors (Lipinski definition) is 1. The lowest BCUT2D eigenvalue weighted by Crippen LogP contribution is -2.49. The Balaban J connectivity index is 0.00000320. The Morgan fingerprint density at radius 3 is 2.40 bits per heavy atom. The Labute approximate surface area is 142 Å². The van der Waals surface area contributed by atoms with Crippen molar-refractivity contribution in [1.82, 2.24) is 4.90 Å². The number of phenols is 1. The normalized spacial score (nSPS) is 43.0. The molecule has 2 aliphatic rings. The fraction of sp³-hybridized carbons (Fsp3) is 0.647. The zero-order chi connectivity index (χ0) is 22.1. The van der Waals surface area contributed by atoms with Gasteiger partial charge in [-0.3, -0.25) is 4.90 Å². The summed E-state index contributed by atoms with van der Waals surface area (Å²) in [5.41, 5.74) is -1.08. The number of rotatable bonds is 2. The van der Waals surface area contributed by atoms with E-state index in [0.717, 1.165) is 6.42 Å². The summed E-state index contributed by atoms with van der Waals surface area (Å²) in [6.07, 6.45) is -7.71. The minimum Gasteiger partial charge on any atom is -0.508 e. The van der Waals surface area contributed by atoms with Crippen molar-refractivity contribution in [2.45, 2.75) is 56.8 Å². The van der Waals surface area contributed by atoms with Crippen LogP contribution >= 0.6 is 12.4 Å². The third-order valence-corrected chi connectivity index (χ3v) is 3.95. The molecule has 112 valence electrons. The minimum absolute atomic E-state index is 0. The van der Waals surface area contributed by atoms with Gasteiger partial charge in [-0.15, -0.1) is 12.4 Å². The largest absolute Gasteiger partial charge is 0.508 e. The van der Waals surface area contributed by atoms with E-state index in [0.29, 0.717) is 23.3 Å². The van der Waals surface area contributed by atoms with Crippen LogP contribution in [0.25, 0.3) is 0 Å². The van der Waals surface area contributed by atoms with E-state index in [2.05, 4.69) is 0 Å². The van der Waals surface area contributed by atoms with Crippen LogP contribution in [-0.2, 0) is 5.54 Å². The molecular formula is C17H26ClNO. The average Bonchev–Trinajstić information content (AvgIpc) is 2.60. The Morgan fingerprint density at radius 1 is 1.05 bits per heavy atom. The summed E-state index contributed by atoms with van der Waals surface area (Å²) in [6, 6.07) is 5.90. The second kappa shape index (κ2) is 6.82. The summed E-state index contributed by atoms with van der Waals surface area (Å²) < 4.78 is 83.1. The van der Waals surface area contributed by atoms with Crippen LogP contribution in [0.15, 0.2) is 24.3 Å². The van der Waals surface area contributed by atoms with Gasteiger partial charge in [0.15, 0.2) is 0 Å². The third-order valence-electron chi connectivity index (χ3n) is 3.95. The topological polar surface area (TPSA) is 23.5 Å². The first-order chi connectivity index (χ1) is 13.1. The van der Waals surface area contributed by atoms with Crippen LogP contribution in [-0.4, -0.2) is 23.0 Å². The molecular weight excluding hydrogens is 270 g/mol. The molecule has 2 nitrogen and oxygen atoms in total. The molecule has 0 bridgehead atoms. The van der Waals surface area contributed by atoms with E-state index >= 15 is 0 Å². The Kier molecular flexibility index (Phi) is 2.39. The van der Waals surface area contributed by atoms with E-state index in [1.807, 2.05) is 0 Å². The first kappa shape index (κ1) is 7.02. The predicted molar refractivity (Wildman–Crippen MR) is 85.5 cm³/mol. The Bertz CT molecular complexity index is 764. The predicted octanol–water partition coefficient (Wildman–Crippen LogP) is 4.46. The molecule has 3 rings (SSSR count). The quantitative estimate of drug-likeness (QED) is 0.872. The molecule has 1 aromatic carbocycles. The smallest absolute Gasteiger partial charge is 0.115 e. The maximum Gasteiger partial charge on any atom is 0.115 e. The van der Waals surface area contributed by atoms with Crippen LogP contribution in [0, 0.1) is 0 Å². The summed E-state index contributed by atoms with van der Waals surface area (Å²) in [5, 5.41) is 9.99. The SMILES string of the molecule is Cl.[2H]C1([2H])N(C2(c3cccc(O)c3)CCCCC2)C([2H])([2H])C([2H])([2H])C([2H])([2H])C1([2H])[2H]. The lowest BCUT2D eigenvalue weighted by atomic mass is 9.74. The molecule has 1 N–H and O–H groups in total. The fourth-order valence-corrected chi connectivity index (χ4v) is 3.01. The van der Waals surface area contributed by atoms with Gasteiger partial charge in [-0.25, -0.2) is 0 Å². The molecule has 20 heavy (non-hydrogen) atoms. The number of phenolic OH excluding ortho intramolecular Hbond substituents is 1. The van der Waals surface area contributed by atoms with Gasteiger partial charge in [-0.2, -0.15) is 0 Å². The number of nitrogens with zero attached hydrogens (tertiary/aromatic N) is 1. The molecule has 0 unspecified atom stereocenters. The van der Waals surface area contributed by atoms with Crippen molar-refractivity contribution in [2.24, 2.45) is 0 Å². The van der Waals surface area contributed by atoms with Gasteiger partial charge in [-0.05, 0) is 56.3 Å². The van der Waals surface area contributed by atoms with Crippen molar-refractivity contribution in [2.75, 3.05) is 13.0 Å². The first-order valence-corrected chi connectivity index (χ1v) is 6.67. The van der Waals surface area contributed by atoms with E-state index in [1.54, 1.807) is 6.07 Å². The van der Waals surface area contributed by atoms with Gasteiger partial charge in [-0.1, -0.05) is 37.8 Å². The van der Waals surface area contributed by atoms with Crippen molar-refractivity contribution in [3.63, 3.8) is 0 Å². The number of benzene rings is 1. The highest BCUT2D eigenvalue weighted by Gasteiger charge is 2.39. The van der Waals surface area contributed by atoms with Crippen molar-refractivity contribution in [3.8, 4) is 5.75 Å². The number of halogens is 1. The second-order valence-corrected chi connectivity index (χ2v) is 5.08. The van der Waals surface area contributed by atoms with Crippen molar-refractivity contribution in [3.05, 3.63) is 29.8 Å². The van der Waals surface area contributed by atoms with Gasteiger partial charge in [0.2, 0.25) is 0 Å². The summed E-state index contributed by atoms with van der Waals surface area (Å²) in [7, 11) is 0. The molecule has 2 fully saturated rings. The standard InChI is InChI=1S/C17H25NO.ClH/c19-16-9-7-8-15(14-16)17(10-3-1-4-11-17)18-12-5-2-6-13-18;/h7-9,14,19H,1-6,10-13H2;1H/i2D2,5D2,6D2,12D2,13D2;. The van der Waals surface area contributed by atoms with Crippen LogP contribution in [0.2, 0.25) is 0 Å². The van der Waals surface area contributed by atoms with Gasteiger partial charge in [0.05, 0.1) is 0 Å². The lowest BCUT2D eigenvalue weighted by molar-refractivity contribution is 0.0302. The Hall–Kier alpha value is -0.730. The van der Waals surface area contributed by atoms with Crippen molar-refractivity contribution in [1.29, 1.82) is 0 Å². The van der Waals surface area contributed by atoms with Gasteiger partial charge in [0.25, 0.3) is 0 Å². The van der Waals surface area contributed by atoms with Crippen LogP contribution in [0.1, 0.15) is 70.5 Å². The van der Waals surface area contributed by atoms with Gasteiger partial charge in [0, 0.05) is 19.2 Å². The number of piperidine rings is 1. The zero-order valence-electron chi connectivity index (χ0n) is 21.1. The molecule has 1 heterocycles. The molecule has 0 spiro atoms. The molecule has 3 heteroatoms. The maximum absolute atomic E-state index is 9.99. The highest BCUT2D eigenvalue weighted by atomic mass is 35.5. The molecule has 0 radical (unpaired) electrons. The van der Waals surface area contributed by atoms with Gasteiger partial charge >= 0.3 is 0 Å². The fourth-order valence-electron chi connectivity index (χ4n) is 3.01. The first-order valence-electron chi connectivity index (χ1n) is 11.7. The Morgan fingerprint density at radius 2 is 1.75 bits per heavy atom. The van der Waals surface area contributed by atoms with Crippen molar-refractivity contribution >= 4 is 12.4 Å². The minimum atomic E-state index is -3.43. The van der Waals surface area contributed by atoms with Crippen molar-refractivity contribution < 1.29 is 18.8 Å². The van der Waals surface area contributed by atoms with E-state index in [-0.39, 0.29) is 31.0 Å². The van der Waals surface area contributed by atoms with E-state index in [1.165, 1.54) is 18.2 Å². The summed E-state index contributed by atoms with van der Waals surface area (Å²) in [4.78, 5) is 0.586. The zero-order valence-corrected chi connectivity index (χ0v) is 12.0. The molecule has 0 aromatic heterocycles. The molecule has 0 atom stereocenters. The maximum atomic E-state index is 9.99. The molecule has 0 amide bonds. The van der Waals surface area contributed by atoms with Crippen LogP contribution in [0.3, 0.4) is 0 Å². The number of hydrogen-bond acceptors (Lipinski definition) is 2. The van der Waals surface area contributed by atoms with Gasteiger partial charge in [0.1, 0.15) is 5.75 Å². The number of aromatic hydroxyl groups is 1. The molecule has 1 aromatic rings.